The third-order valence-electron chi connectivity index (χ3n) is 8.49. The van der Waals surface area contributed by atoms with E-state index in [0.29, 0.717) is 55.6 Å². The number of halogens is 1. The summed E-state index contributed by atoms with van der Waals surface area (Å²) in [5.74, 6) is -1.25. The summed E-state index contributed by atoms with van der Waals surface area (Å²) in [6.07, 6.45) is 3.58. The van der Waals surface area contributed by atoms with Gasteiger partial charge in [0.25, 0.3) is 5.91 Å². The topological polar surface area (TPSA) is 97.8 Å². The maximum Gasteiger partial charge on any atom is 0.305 e. The van der Waals surface area contributed by atoms with Gasteiger partial charge in [0.05, 0.1) is 19.4 Å². The molecule has 0 saturated heterocycles. The molecule has 1 saturated carbocycles. The van der Waals surface area contributed by atoms with Crippen molar-refractivity contribution in [2.45, 2.75) is 70.4 Å². The van der Waals surface area contributed by atoms with Gasteiger partial charge in [-0.1, -0.05) is 19.9 Å². The minimum absolute atomic E-state index is 0.104. The summed E-state index contributed by atoms with van der Waals surface area (Å²) in [7, 11) is 2.96. The minimum Gasteiger partial charge on any atom is -0.469 e. The summed E-state index contributed by atoms with van der Waals surface area (Å²) < 4.78 is 25.1. The van der Waals surface area contributed by atoms with Gasteiger partial charge >= 0.3 is 5.97 Å². The number of rotatable bonds is 7. The molecule has 8 nitrogen and oxygen atoms in total. The smallest absolute Gasteiger partial charge is 0.305 e. The molecule has 5 rings (SSSR count). The molecule has 0 unspecified atom stereocenters. The van der Waals surface area contributed by atoms with Crippen LogP contribution in [0.15, 0.2) is 24.3 Å². The van der Waals surface area contributed by atoms with Crippen LogP contribution >= 0.6 is 0 Å². The number of hydrogen-bond donors (Lipinski definition) is 1. The maximum atomic E-state index is 15.1. The molecule has 1 aliphatic heterocycles. The highest BCUT2D eigenvalue weighted by Crippen LogP contribution is 2.42. The van der Waals surface area contributed by atoms with Crippen LogP contribution in [0, 0.1) is 17.7 Å². The van der Waals surface area contributed by atoms with Crippen LogP contribution in [0.5, 0.6) is 0 Å². The fourth-order valence-electron chi connectivity index (χ4n) is 6.41. The van der Waals surface area contributed by atoms with E-state index >= 15 is 4.39 Å². The Labute approximate surface area is 228 Å². The van der Waals surface area contributed by atoms with Crippen LogP contribution in [0.2, 0.25) is 0 Å². The zero-order valence-electron chi connectivity index (χ0n) is 23.0. The SMILES string of the molecule is COCc1ccc2c(n1)CCN(C(=O)C1CC(CC(=O)OC)C1)[C@H]2C(=O)Nc1cc(F)c2c(c1)CCC2(C)C. The van der Waals surface area contributed by atoms with Crippen LogP contribution in [-0.4, -0.2) is 48.4 Å². The van der Waals surface area contributed by atoms with Crippen molar-refractivity contribution in [3.05, 3.63) is 58.2 Å². The lowest BCUT2D eigenvalue weighted by Gasteiger charge is -2.42. The average Bonchev–Trinajstić information content (AvgIpc) is 3.19. The Hall–Kier alpha value is -3.33. The number of nitrogens with zero attached hydrogens (tertiary/aromatic N) is 2. The van der Waals surface area contributed by atoms with Gasteiger partial charge in [0, 0.05) is 49.4 Å². The molecular formula is C30H36FN3O5. The van der Waals surface area contributed by atoms with Crippen LogP contribution in [0.3, 0.4) is 0 Å². The summed E-state index contributed by atoms with van der Waals surface area (Å²) in [6, 6.07) is 5.99. The van der Waals surface area contributed by atoms with Gasteiger partial charge in [-0.15, -0.1) is 0 Å². The van der Waals surface area contributed by atoms with E-state index < -0.39 is 11.9 Å². The lowest BCUT2D eigenvalue weighted by atomic mass is 9.72. The van der Waals surface area contributed by atoms with Gasteiger partial charge < -0.3 is 19.7 Å². The molecule has 1 aromatic heterocycles. The molecule has 9 heteroatoms. The molecule has 0 bridgehead atoms. The van der Waals surface area contributed by atoms with Gasteiger partial charge in [-0.3, -0.25) is 19.4 Å². The Kier molecular flexibility index (Phi) is 7.46. The molecule has 1 aromatic carbocycles. The largest absolute Gasteiger partial charge is 0.469 e. The van der Waals surface area contributed by atoms with Gasteiger partial charge in [0.2, 0.25) is 5.91 Å². The highest BCUT2D eigenvalue weighted by atomic mass is 19.1. The summed E-state index contributed by atoms with van der Waals surface area (Å²) in [6.45, 7) is 4.76. The Morgan fingerprint density at radius 1 is 1.15 bits per heavy atom. The number of aromatic nitrogens is 1. The number of benzene rings is 1. The number of ether oxygens (including phenoxy) is 2. The van der Waals surface area contributed by atoms with Crippen molar-refractivity contribution in [1.29, 1.82) is 0 Å². The van der Waals surface area contributed by atoms with E-state index in [9.17, 15) is 14.4 Å². The molecule has 1 atom stereocenters. The van der Waals surface area contributed by atoms with Crippen molar-refractivity contribution in [1.82, 2.24) is 9.88 Å². The van der Waals surface area contributed by atoms with E-state index in [1.54, 1.807) is 12.0 Å². The van der Waals surface area contributed by atoms with Crippen LogP contribution < -0.4 is 5.32 Å². The molecule has 2 amide bonds. The van der Waals surface area contributed by atoms with Crippen molar-refractivity contribution in [2.24, 2.45) is 11.8 Å². The number of nitrogens with one attached hydrogen (secondary N) is 1. The number of aryl methyl sites for hydroxylation is 1. The molecule has 3 aliphatic rings. The molecule has 208 valence electrons. The zero-order valence-corrected chi connectivity index (χ0v) is 23.0. The summed E-state index contributed by atoms with van der Waals surface area (Å²) in [4.78, 5) is 45.4. The number of pyridine rings is 1. The van der Waals surface area contributed by atoms with Crippen molar-refractivity contribution >= 4 is 23.5 Å². The van der Waals surface area contributed by atoms with Gasteiger partial charge in [0.15, 0.2) is 0 Å². The summed E-state index contributed by atoms with van der Waals surface area (Å²) in [5.41, 5.74) is 3.94. The summed E-state index contributed by atoms with van der Waals surface area (Å²) in [5, 5.41) is 2.91. The molecule has 0 radical (unpaired) electrons. The van der Waals surface area contributed by atoms with Crippen LogP contribution in [0.25, 0.3) is 0 Å². The second-order valence-electron chi connectivity index (χ2n) is 11.6. The number of fused-ring (bicyclic) bond motifs is 2. The lowest BCUT2D eigenvalue weighted by Crippen LogP contribution is -2.50. The van der Waals surface area contributed by atoms with Crippen molar-refractivity contribution in [3.63, 3.8) is 0 Å². The van der Waals surface area contributed by atoms with Crippen molar-refractivity contribution < 1.29 is 28.2 Å². The predicted molar refractivity (Wildman–Crippen MR) is 142 cm³/mol. The summed E-state index contributed by atoms with van der Waals surface area (Å²) >= 11 is 0. The standard InChI is InChI=1S/C30H36FN3O5/c1-30(2)9-7-18-14-21(15-23(31)26(18)30)33-28(36)27-22-6-5-20(16-38-3)32-24(22)8-10-34(27)29(37)19-11-17(12-19)13-25(35)39-4/h5-6,14-15,17,19,27H,7-13,16H2,1-4H3,(H,33,36)/t17?,19?,27-/m1/s1. The number of anilines is 1. The average molecular weight is 538 g/mol. The minimum atomic E-state index is -0.891. The van der Waals surface area contributed by atoms with E-state index in [1.807, 2.05) is 32.0 Å². The Morgan fingerprint density at radius 2 is 1.92 bits per heavy atom. The van der Waals surface area contributed by atoms with Gasteiger partial charge in [0.1, 0.15) is 11.9 Å². The third kappa shape index (κ3) is 5.29. The molecule has 2 aromatic rings. The molecule has 1 N–H and O–H groups in total. The number of amides is 2. The van der Waals surface area contributed by atoms with Crippen molar-refractivity contribution in [2.75, 3.05) is 26.1 Å². The first kappa shape index (κ1) is 27.2. The lowest BCUT2D eigenvalue weighted by molar-refractivity contribution is -0.150. The van der Waals surface area contributed by atoms with E-state index in [4.69, 9.17) is 14.5 Å². The van der Waals surface area contributed by atoms with Gasteiger partial charge in [-0.05, 0) is 66.3 Å². The number of methoxy groups -OCH3 is 2. The molecule has 2 heterocycles. The van der Waals surface area contributed by atoms with Crippen molar-refractivity contribution in [3.8, 4) is 0 Å². The first-order valence-corrected chi connectivity index (χ1v) is 13.6. The second kappa shape index (κ2) is 10.7. The zero-order chi connectivity index (χ0) is 27.9. The number of esters is 1. The fraction of sp³-hybridized carbons (Fsp3) is 0.533. The fourth-order valence-corrected chi connectivity index (χ4v) is 6.41. The quantitative estimate of drug-likeness (QED) is 0.531. The molecule has 2 aliphatic carbocycles. The van der Waals surface area contributed by atoms with Gasteiger partial charge in [-0.2, -0.15) is 0 Å². The predicted octanol–water partition coefficient (Wildman–Crippen LogP) is 4.24. The molecule has 1 fully saturated rings. The number of carbonyl (C=O) groups excluding carboxylic acids is 3. The third-order valence-corrected chi connectivity index (χ3v) is 8.49. The monoisotopic (exact) mass is 537 g/mol. The number of hydrogen-bond acceptors (Lipinski definition) is 6. The van der Waals surface area contributed by atoms with Crippen LogP contribution in [-0.2, 0) is 48.7 Å². The first-order chi connectivity index (χ1) is 18.6. The first-order valence-electron chi connectivity index (χ1n) is 13.6. The highest BCUT2D eigenvalue weighted by molar-refractivity contribution is 5.99. The van der Waals surface area contributed by atoms with Crippen LogP contribution in [0.1, 0.15) is 73.7 Å². The van der Waals surface area contributed by atoms with E-state index in [-0.39, 0.29) is 34.9 Å². The maximum absolute atomic E-state index is 15.1. The highest BCUT2D eigenvalue weighted by Gasteiger charge is 2.44. The number of carbonyl (C=O) groups is 3. The van der Waals surface area contributed by atoms with E-state index in [1.165, 1.54) is 13.2 Å². The Morgan fingerprint density at radius 3 is 2.64 bits per heavy atom. The van der Waals surface area contributed by atoms with E-state index in [2.05, 4.69) is 5.32 Å². The van der Waals surface area contributed by atoms with Crippen LogP contribution in [0.4, 0.5) is 10.1 Å². The normalized spacial score (nSPS) is 22.9. The Bertz CT molecular complexity index is 1300. The molecular weight excluding hydrogens is 501 g/mol. The Balaban J connectivity index is 1.40. The molecule has 0 spiro atoms. The van der Waals surface area contributed by atoms with E-state index in [0.717, 1.165) is 29.8 Å². The second-order valence-corrected chi connectivity index (χ2v) is 11.6. The van der Waals surface area contributed by atoms with Gasteiger partial charge in [-0.25, -0.2) is 4.39 Å². The molecule has 39 heavy (non-hydrogen) atoms.